The Morgan fingerprint density at radius 3 is 2.75 bits per heavy atom. The van der Waals surface area contributed by atoms with E-state index in [0.717, 1.165) is 11.5 Å². The van der Waals surface area contributed by atoms with Gasteiger partial charge in [0.1, 0.15) is 0 Å². The lowest BCUT2D eigenvalue weighted by Gasteiger charge is -2.16. The maximum Gasteiger partial charge on any atom is 0.224 e. The standard InChI is InChI=1S/C12H19N3O/c1-9(2)8-11(16)14-10-6-5-7-13-12(10)15(3)4/h5-7,9H,8H2,1-4H3,(H,14,16). The van der Waals surface area contributed by atoms with Crippen LogP contribution in [0.15, 0.2) is 18.3 Å². The largest absolute Gasteiger partial charge is 0.361 e. The molecule has 16 heavy (non-hydrogen) atoms. The van der Waals surface area contributed by atoms with Crippen molar-refractivity contribution in [3.63, 3.8) is 0 Å². The molecule has 0 unspecified atom stereocenters. The maximum absolute atomic E-state index is 11.6. The summed E-state index contributed by atoms with van der Waals surface area (Å²) in [4.78, 5) is 17.7. The highest BCUT2D eigenvalue weighted by molar-refractivity contribution is 5.93. The fraction of sp³-hybridized carbons (Fsp3) is 0.500. The highest BCUT2D eigenvalue weighted by Crippen LogP contribution is 2.20. The molecule has 0 aliphatic rings. The van der Waals surface area contributed by atoms with Crippen LogP contribution in [0, 0.1) is 5.92 Å². The van der Waals surface area contributed by atoms with Gasteiger partial charge in [0.15, 0.2) is 5.82 Å². The zero-order chi connectivity index (χ0) is 12.1. The van der Waals surface area contributed by atoms with Crippen LogP contribution in [0.2, 0.25) is 0 Å². The first-order chi connectivity index (χ1) is 7.50. The van der Waals surface area contributed by atoms with Crippen LogP contribution >= 0.6 is 0 Å². The van der Waals surface area contributed by atoms with Crippen LogP contribution in [0.5, 0.6) is 0 Å². The fourth-order valence-corrected chi connectivity index (χ4v) is 1.42. The van der Waals surface area contributed by atoms with Crippen molar-refractivity contribution in [1.29, 1.82) is 0 Å². The average Bonchev–Trinajstić information content (AvgIpc) is 2.16. The molecule has 0 saturated carbocycles. The molecule has 4 nitrogen and oxygen atoms in total. The predicted octanol–water partition coefficient (Wildman–Crippen LogP) is 2.13. The van der Waals surface area contributed by atoms with E-state index < -0.39 is 0 Å². The molecule has 0 bridgehead atoms. The first-order valence-corrected chi connectivity index (χ1v) is 5.43. The van der Waals surface area contributed by atoms with Gasteiger partial charge in [0.25, 0.3) is 0 Å². The van der Waals surface area contributed by atoms with E-state index in [1.54, 1.807) is 6.20 Å². The van der Waals surface area contributed by atoms with Gasteiger partial charge in [-0.05, 0) is 18.1 Å². The van der Waals surface area contributed by atoms with Gasteiger partial charge in [0.05, 0.1) is 5.69 Å². The highest BCUT2D eigenvalue weighted by atomic mass is 16.1. The monoisotopic (exact) mass is 221 g/mol. The Morgan fingerprint density at radius 2 is 2.19 bits per heavy atom. The van der Waals surface area contributed by atoms with E-state index in [-0.39, 0.29) is 5.91 Å². The van der Waals surface area contributed by atoms with Gasteiger partial charge in [0, 0.05) is 26.7 Å². The van der Waals surface area contributed by atoms with Crippen molar-refractivity contribution in [1.82, 2.24) is 4.98 Å². The lowest BCUT2D eigenvalue weighted by Crippen LogP contribution is -2.18. The number of carbonyl (C=O) groups is 1. The van der Waals surface area contributed by atoms with Crippen LogP contribution in [0.1, 0.15) is 20.3 Å². The van der Waals surface area contributed by atoms with Crippen molar-refractivity contribution in [2.24, 2.45) is 5.92 Å². The predicted molar refractivity (Wildman–Crippen MR) is 66.6 cm³/mol. The summed E-state index contributed by atoms with van der Waals surface area (Å²) in [7, 11) is 3.81. The number of pyridine rings is 1. The number of nitrogens with zero attached hydrogens (tertiary/aromatic N) is 2. The van der Waals surface area contributed by atoms with E-state index in [9.17, 15) is 4.79 Å². The average molecular weight is 221 g/mol. The van der Waals surface area contributed by atoms with Gasteiger partial charge < -0.3 is 10.2 Å². The normalized spacial score (nSPS) is 10.3. The molecule has 1 N–H and O–H groups in total. The molecule has 0 aliphatic heterocycles. The number of hydrogen-bond donors (Lipinski definition) is 1. The summed E-state index contributed by atoms with van der Waals surface area (Å²) in [6.07, 6.45) is 2.25. The third-order valence-corrected chi connectivity index (χ3v) is 2.08. The minimum absolute atomic E-state index is 0.0334. The Hall–Kier alpha value is -1.58. The highest BCUT2D eigenvalue weighted by Gasteiger charge is 2.09. The maximum atomic E-state index is 11.6. The SMILES string of the molecule is CC(C)CC(=O)Nc1cccnc1N(C)C. The Morgan fingerprint density at radius 1 is 1.50 bits per heavy atom. The topological polar surface area (TPSA) is 45.2 Å². The van der Waals surface area contributed by atoms with Crippen LogP contribution in [0.4, 0.5) is 11.5 Å². The minimum atomic E-state index is 0.0334. The molecule has 1 rings (SSSR count). The molecule has 0 atom stereocenters. The van der Waals surface area contributed by atoms with Crippen molar-refractivity contribution >= 4 is 17.4 Å². The Kier molecular flexibility index (Phi) is 4.28. The van der Waals surface area contributed by atoms with Gasteiger partial charge in [0.2, 0.25) is 5.91 Å². The molecule has 0 fully saturated rings. The molecule has 1 amide bonds. The molecule has 0 spiro atoms. The number of aromatic nitrogens is 1. The molecule has 1 heterocycles. The van der Waals surface area contributed by atoms with Gasteiger partial charge in [-0.15, -0.1) is 0 Å². The summed E-state index contributed by atoms with van der Waals surface area (Å²) < 4.78 is 0. The zero-order valence-electron chi connectivity index (χ0n) is 10.3. The van der Waals surface area contributed by atoms with E-state index >= 15 is 0 Å². The third-order valence-electron chi connectivity index (χ3n) is 2.08. The first-order valence-electron chi connectivity index (χ1n) is 5.43. The van der Waals surface area contributed by atoms with Crippen molar-refractivity contribution in [2.75, 3.05) is 24.3 Å². The smallest absolute Gasteiger partial charge is 0.224 e. The second kappa shape index (κ2) is 5.49. The number of carbonyl (C=O) groups excluding carboxylic acids is 1. The molecule has 1 aromatic heterocycles. The summed E-state index contributed by atoms with van der Waals surface area (Å²) in [5.41, 5.74) is 0.762. The van der Waals surface area contributed by atoms with Crippen molar-refractivity contribution < 1.29 is 4.79 Å². The summed E-state index contributed by atoms with van der Waals surface area (Å²) in [6.45, 7) is 4.05. The molecule has 0 aromatic carbocycles. The first kappa shape index (κ1) is 12.5. The van der Waals surface area contributed by atoms with Gasteiger partial charge >= 0.3 is 0 Å². The van der Waals surface area contributed by atoms with Gasteiger partial charge in [-0.3, -0.25) is 4.79 Å². The lowest BCUT2D eigenvalue weighted by molar-refractivity contribution is -0.116. The summed E-state index contributed by atoms with van der Waals surface area (Å²) >= 11 is 0. The summed E-state index contributed by atoms with van der Waals surface area (Å²) in [6, 6.07) is 3.68. The van der Waals surface area contributed by atoms with Crippen LogP contribution in [0.25, 0.3) is 0 Å². The van der Waals surface area contributed by atoms with Crippen LogP contribution < -0.4 is 10.2 Å². The third kappa shape index (κ3) is 3.53. The minimum Gasteiger partial charge on any atom is -0.361 e. The summed E-state index contributed by atoms with van der Waals surface area (Å²) in [5.74, 6) is 1.17. The molecule has 0 saturated heterocycles. The van der Waals surface area contributed by atoms with Crippen molar-refractivity contribution in [3.05, 3.63) is 18.3 Å². The van der Waals surface area contributed by atoms with E-state index in [2.05, 4.69) is 10.3 Å². The molecule has 0 aliphatic carbocycles. The number of amides is 1. The Bertz CT molecular complexity index is 361. The van der Waals surface area contributed by atoms with Gasteiger partial charge in [-0.25, -0.2) is 4.98 Å². The van der Waals surface area contributed by atoms with Crippen LogP contribution in [-0.4, -0.2) is 25.0 Å². The second-order valence-corrected chi connectivity index (χ2v) is 4.42. The number of nitrogens with one attached hydrogen (secondary N) is 1. The Labute approximate surface area is 96.7 Å². The lowest BCUT2D eigenvalue weighted by atomic mass is 10.1. The molecule has 0 radical (unpaired) electrons. The van der Waals surface area contributed by atoms with Gasteiger partial charge in [-0.1, -0.05) is 13.8 Å². The second-order valence-electron chi connectivity index (χ2n) is 4.42. The van der Waals surface area contributed by atoms with Crippen LogP contribution in [-0.2, 0) is 4.79 Å². The summed E-state index contributed by atoms with van der Waals surface area (Å²) in [5, 5.41) is 2.88. The molecular weight excluding hydrogens is 202 g/mol. The molecule has 1 aromatic rings. The zero-order valence-corrected chi connectivity index (χ0v) is 10.3. The van der Waals surface area contributed by atoms with Crippen molar-refractivity contribution in [2.45, 2.75) is 20.3 Å². The number of anilines is 2. The molecular formula is C12H19N3O. The quantitative estimate of drug-likeness (QED) is 0.847. The number of rotatable bonds is 4. The fourth-order valence-electron chi connectivity index (χ4n) is 1.42. The van der Waals surface area contributed by atoms with E-state index in [1.807, 2.05) is 45.0 Å². The molecule has 4 heteroatoms. The molecule has 88 valence electrons. The Balaban J connectivity index is 2.77. The van der Waals surface area contributed by atoms with Crippen molar-refractivity contribution in [3.8, 4) is 0 Å². The van der Waals surface area contributed by atoms with Crippen LogP contribution in [0.3, 0.4) is 0 Å². The van der Waals surface area contributed by atoms with E-state index in [0.29, 0.717) is 12.3 Å². The van der Waals surface area contributed by atoms with Gasteiger partial charge in [-0.2, -0.15) is 0 Å². The van der Waals surface area contributed by atoms with E-state index in [4.69, 9.17) is 0 Å². The number of hydrogen-bond acceptors (Lipinski definition) is 3. The van der Waals surface area contributed by atoms with E-state index in [1.165, 1.54) is 0 Å².